The second kappa shape index (κ2) is 9.97. The van der Waals surface area contributed by atoms with E-state index in [0.29, 0.717) is 28.3 Å². The fraction of sp³-hybridized carbons (Fsp3) is 0. The Kier molecular flexibility index (Phi) is 6.46. The van der Waals surface area contributed by atoms with E-state index in [9.17, 15) is 14.4 Å². The number of nitrogens with one attached hydrogen (secondary N) is 3. The van der Waals surface area contributed by atoms with Crippen LogP contribution in [-0.2, 0) is 4.79 Å². The van der Waals surface area contributed by atoms with Crippen LogP contribution in [0.1, 0.15) is 26.5 Å². The largest absolute Gasteiger partial charge is 0.472 e. The lowest BCUT2D eigenvalue weighted by atomic mass is 10.2. The van der Waals surface area contributed by atoms with Gasteiger partial charge in [-0.15, -0.1) is 0 Å². The van der Waals surface area contributed by atoms with Crippen LogP contribution in [0.5, 0.6) is 0 Å². The molecular weight excluding hydrogens is 422 g/mol. The quantitative estimate of drug-likeness (QED) is 0.365. The number of carbonyl (C=O) groups excluding carboxylic acids is 3. The number of hydrogen-bond donors (Lipinski definition) is 3. The van der Waals surface area contributed by atoms with Gasteiger partial charge in [-0.3, -0.25) is 14.4 Å². The Bertz CT molecular complexity index is 1280. The fourth-order valence-electron chi connectivity index (χ4n) is 2.93. The molecule has 0 saturated heterocycles. The Morgan fingerprint density at radius 1 is 0.727 bits per heavy atom. The SMILES string of the molecule is O=C(Nc1cccc(NC(=O)c2ccoc2)c1)C(=Cc1ccco1)NC(=O)c1ccccc1. The standard InChI is InChI=1S/C25H19N3O5/c29-23(17-6-2-1-3-7-17)28-22(15-21-10-5-12-33-21)25(31)27-20-9-4-8-19(14-20)26-24(30)18-11-13-32-16-18/h1-16H,(H,26,30)(H,27,31)(H,28,29). The summed E-state index contributed by atoms with van der Waals surface area (Å²) in [5, 5.41) is 8.08. The van der Waals surface area contributed by atoms with Crippen molar-refractivity contribution in [1.29, 1.82) is 0 Å². The monoisotopic (exact) mass is 441 g/mol. The predicted molar refractivity (Wildman–Crippen MR) is 122 cm³/mol. The van der Waals surface area contributed by atoms with Gasteiger partial charge in [-0.25, -0.2) is 0 Å². The molecule has 0 aliphatic carbocycles. The second-order valence-corrected chi connectivity index (χ2v) is 6.89. The number of anilines is 2. The topological polar surface area (TPSA) is 114 Å². The number of benzene rings is 2. The van der Waals surface area contributed by atoms with E-state index in [1.807, 2.05) is 0 Å². The van der Waals surface area contributed by atoms with Crippen molar-refractivity contribution in [2.45, 2.75) is 0 Å². The Morgan fingerprint density at radius 3 is 2.21 bits per heavy atom. The average Bonchev–Trinajstić information content (AvgIpc) is 3.54. The number of furan rings is 2. The van der Waals surface area contributed by atoms with E-state index in [4.69, 9.17) is 8.83 Å². The van der Waals surface area contributed by atoms with Gasteiger partial charge in [-0.05, 0) is 48.5 Å². The first-order chi connectivity index (χ1) is 16.1. The van der Waals surface area contributed by atoms with Crippen LogP contribution in [0.3, 0.4) is 0 Å². The first kappa shape index (κ1) is 21.4. The summed E-state index contributed by atoms with van der Waals surface area (Å²) in [4.78, 5) is 37.8. The molecule has 8 nitrogen and oxygen atoms in total. The van der Waals surface area contributed by atoms with E-state index in [1.165, 1.54) is 24.9 Å². The molecular formula is C25H19N3O5. The van der Waals surface area contributed by atoms with Crippen LogP contribution in [0.4, 0.5) is 11.4 Å². The predicted octanol–water partition coefficient (Wildman–Crippen LogP) is 4.53. The van der Waals surface area contributed by atoms with E-state index in [1.54, 1.807) is 72.8 Å². The van der Waals surface area contributed by atoms with E-state index in [2.05, 4.69) is 16.0 Å². The van der Waals surface area contributed by atoms with E-state index in [-0.39, 0.29) is 11.6 Å². The van der Waals surface area contributed by atoms with Gasteiger partial charge in [-0.2, -0.15) is 0 Å². The fourth-order valence-corrected chi connectivity index (χ4v) is 2.93. The van der Waals surface area contributed by atoms with Gasteiger partial charge < -0.3 is 24.8 Å². The molecule has 2 aromatic heterocycles. The summed E-state index contributed by atoms with van der Waals surface area (Å²) in [5.41, 5.74) is 1.66. The number of hydrogen-bond acceptors (Lipinski definition) is 5. The summed E-state index contributed by atoms with van der Waals surface area (Å²) in [5.74, 6) is -0.950. The molecule has 4 aromatic rings. The summed E-state index contributed by atoms with van der Waals surface area (Å²) >= 11 is 0. The zero-order valence-corrected chi connectivity index (χ0v) is 17.3. The molecule has 0 fully saturated rings. The molecule has 3 amide bonds. The van der Waals surface area contributed by atoms with Crippen LogP contribution in [0.25, 0.3) is 6.08 Å². The Hall–Kier alpha value is -4.85. The summed E-state index contributed by atoms with van der Waals surface area (Å²) in [6, 6.07) is 20.0. The van der Waals surface area contributed by atoms with Crippen LogP contribution >= 0.6 is 0 Å². The minimum Gasteiger partial charge on any atom is -0.472 e. The molecule has 164 valence electrons. The maximum absolute atomic E-state index is 13.0. The molecule has 0 aliphatic rings. The lowest BCUT2D eigenvalue weighted by Gasteiger charge is -2.12. The molecule has 33 heavy (non-hydrogen) atoms. The highest BCUT2D eigenvalue weighted by atomic mass is 16.3. The number of rotatable bonds is 7. The van der Waals surface area contributed by atoms with Crippen molar-refractivity contribution >= 4 is 35.2 Å². The van der Waals surface area contributed by atoms with Crippen molar-refractivity contribution in [1.82, 2.24) is 5.32 Å². The average molecular weight is 441 g/mol. The third-order valence-corrected chi connectivity index (χ3v) is 4.52. The van der Waals surface area contributed by atoms with Gasteiger partial charge in [0.1, 0.15) is 17.7 Å². The molecule has 4 rings (SSSR count). The molecule has 3 N–H and O–H groups in total. The summed E-state index contributed by atoms with van der Waals surface area (Å²) in [6.45, 7) is 0. The maximum atomic E-state index is 13.0. The van der Waals surface area contributed by atoms with Gasteiger partial charge in [0.2, 0.25) is 0 Å². The van der Waals surface area contributed by atoms with Gasteiger partial charge in [0.15, 0.2) is 0 Å². The Labute approximate surface area is 188 Å². The summed E-state index contributed by atoms with van der Waals surface area (Å²) in [6.07, 6.45) is 5.64. The highest BCUT2D eigenvalue weighted by Crippen LogP contribution is 2.18. The lowest BCUT2D eigenvalue weighted by molar-refractivity contribution is -0.113. The Morgan fingerprint density at radius 2 is 1.52 bits per heavy atom. The maximum Gasteiger partial charge on any atom is 0.272 e. The van der Waals surface area contributed by atoms with Crippen molar-refractivity contribution in [3.63, 3.8) is 0 Å². The molecule has 2 heterocycles. The van der Waals surface area contributed by atoms with Gasteiger partial charge in [0.05, 0.1) is 18.1 Å². The molecule has 0 bridgehead atoms. The number of carbonyl (C=O) groups is 3. The van der Waals surface area contributed by atoms with E-state index >= 15 is 0 Å². The highest BCUT2D eigenvalue weighted by molar-refractivity contribution is 6.11. The normalized spacial score (nSPS) is 11.0. The third-order valence-electron chi connectivity index (χ3n) is 4.52. The van der Waals surface area contributed by atoms with Crippen molar-refractivity contribution in [2.75, 3.05) is 10.6 Å². The third kappa shape index (κ3) is 5.65. The molecule has 0 radical (unpaired) electrons. The number of amides is 3. The lowest BCUT2D eigenvalue weighted by Crippen LogP contribution is -2.30. The van der Waals surface area contributed by atoms with E-state index < -0.39 is 11.8 Å². The summed E-state index contributed by atoms with van der Waals surface area (Å²) < 4.78 is 10.2. The second-order valence-electron chi connectivity index (χ2n) is 6.89. The van der Waals surface area contributed by atoms with Gasteiger partial charge >= 0.3 is 0 Å². The zero-order valence-electron chi connectivity index (χ0n) is 17.3. The van der Waals surface area contributed by atoms with Crippen molar-refractivity contribution in [3.05, 3.63) is 114 Å². The molecule has 2 aromatic carbocycles. The van der Waals surface area contributed by atoms with Crippen molar-refractivity contribution in [2.24, 2.45) is 0 Å². The van der Waals surface area contributed by atoms with Crippen LogP contribution in [0.2, 0.25) is 0 Å². The highest BCUT2D eigenvalue weighted by Gasteiger charge is 2.16. The molecule has 0 unspecified atom stereocenters. The van der Waals surface area contributed by atoms with E-state index in [0.717, 1.165) is 0 Å². The molecule has 8 heteroatoms. The zero-order chi connectivity index (χ0) is 23.0. The molecule has 0 aliphatic heterocycles. The first-order valence-corrected chi connectivity index (χ1v) is 9.95. The van der Waals surface area contributed by atoms with Crippen LogP contribution in [-0.4, -0.2) is 17.7 Å². The van der Waals surface area contributed by atoms with Gasteiger partial charge in [-0.1, -0.05) is 24.3 Å². The minimum absolute atomic E-state index is 0.00774. The first-order valence-electron chi connectivity index (χ1n) is 9.95. The smallest absolute Gasteiger partial charge is 0.272 e. The van der Waals surface area contributed by atoms with Gasteiger partial charge in [0, 0.05) is 23.0 Å². The molecule has 0 spiro atoms. The Balaban J connectivity index is 1.51. The molecule has 0 saturated carbocycles. The summed E-state index contributed by atoms with van der Waals surface area (Å²) in [7, 11) is 0. The molecule has 0 atom stereocenters. The minimum atomic E-state index is -0.561. The van der Waals surface area contributed by atoms with Gasteiger partial charge in [0.25, 0.3) is 17.7 Å². The van der Waals surface area contributed by atoms with Crippen LogP contribution < -0.4 is 16.0 Å². The van der Waals surface area contributed by atoms with Crippen molar-refractivity contribution < 1.29 is 23.2 Å². The van der Waals surface area contributed by atoms with Crippen LogP contribution in [0.15, 0.2) is 106 Å². The van der Waals surface area contributed by atoms with Crippen molar-refractivity contribution in [3.8, 4) is 0 Å². The van der Waals surface area contributed by atoms with Crippen LogP contribution in [0, 0.1) is 0 Å².